The molecule has 0 spiro atoms. The summed E-state index contributed by atoms with van der Waals surface area (Å²) in [5.74, 6) is -1.43. The lowest BCUT2D eigenvalue weighted by atomic mass is 9.76. The summed E-state index contributed by atoms with van der Waals surface area (Å²) in [6.45, 7) is 17.6. The molecule has 0 radical (unpaired) electrons. The van der Waals surface area contributed by atoms with Crippen molar-refractivity contribution in [3.8, 4) is 0 Å². The van der Waals surface area contributed by atoms with Gasteiger partial charge in [0, 0.05) is 25.7 Å². The number of aliphatic imine (C=N–C) groups is 1. The first-order valence-electron chi connectivity index (χ1n) is 12.2. The quantitative estimate of drug-likeness (QED) is 0.251. The maximum Gasteiger partial charge on any atom is 0.418 e. The number of benzene rings is 1. The van der Waals surface area contributed by atoms with Crippen molar-refractivity contribution in [2.75, 3.05) is 13.3 Å². The molecule has 36 heavy (non-hydrogen) atoms. The number of thioether (sulfide) groups is 1. The number of carbonyl (C=O) groups excluding carboxylic acids is 1. The topological polar surface area (TPSA) is 88.4 Å². The Morgan fingerprint density at radius 2 is 1.89 bits per heavy atom. The third-order valence-electron chi connectivity index (χ3n) is 7.15. The van der Waals surface area contributed by atoms with Gasteiger partial charge in [-0.3, -0.25) is 4.79 Å². The van der Waals surface area contributed by atoms with Crippen LogP contribution in [0.3, 0.4) is 0 Å². The van der Waals surface area contributed by atoms with Gasteiger partial charge in [-0.25, -0.2) is 19.1 Å². The lowest BCUT2D eigenvalue weighted by Gasteiger charge is -2.42. The minimum absolute atomic E-state index is 0.135. The second-order valence-electron chi connectivity index (χ2n) is 12.4. The van der Waals surface area contributed by atoms with E-state index in [1.165, 1.54) is 4.90 Å². The predicted molar refractivity (Wildman–Crippen MR) is 144 cm³/mol. The number of nitrogens with zero attached hydrogens (tertiary/aromatic N) is 2. The van der Waals surface area contributed by atoms with E-state index in [1.807, 2.05) is 6.92 Å². The zero-order valence-corrected chi connectivity index (χ0v) is 24.6. The number of halogens is 1. The first-order chi connectivity index (χ1) is 16.4. The van der Waals surface area contributed by atoms with Crippen LogP contribution in [0.2, 0.25) is 25.7 Å². The van der Waals surface area contributed by atoms with Crippen molar-refractivity contribution >= 4 is 37.1 Å². The van der Waals surface area contributed by atoms with Gasteiger partial charge in [0.05, 0.1) is 5.54 Å². The van der Waals surface area contributed by atoms with E-state index in [0.717, 1.165) is 17.8 Å². The fraction of sp³-hybridized carbons (Fsp3) is 0.654. The van der Waals surface area contributed by atoms with Gasteiger partial charge in [-0.2, -0.15) is 0 Å². The molecule has 1 amide bonds. The van der Waals surface area contributed by atoms with Crippen LogP contribution in [0.4, 0.5) is 9.18 Å². The number of carboxylic acid groups (broad SMARTS) is 1. The molecule has 7 nitrogen and oxygen atoms in total. The van der Waals surface area contributed by atoms with Crippen LogP contribution in [-0.4, -0.2) is 59.0 Å². The Hall–Kier alpha value is -1.91. The number of hydrogen-bond acceptors (Lipinski definition) is 6. The predicted octanol–water partition coefficient (Wildman–Crippen LogP) is 6.23. The number of ether oxygens (including phenoxy) is 2. The molecule has 2 aliphatic rings. The first-order valence-corrected chi connectivity index (χ1v) is 16.8. The van der Waals surface area contributed by atoms with Gasteiger partial charge in [-0.05, 0) is 52.6 Å². The van der Waals surface area contributed by atoms with Gasteiger partial charge in [0.2, 0.25) is 0 Å². The number of carbonyl (C=O) groups is 2. The summed E-state index contributed by atoms with van der Waals surface area (Å²) in [4.78, 5) is 32.1. The molecule has 1 fully saturated rings. The van der Waals surface area contributed by atoms with Crippen LogP contribution in [0.25, 0.3) is 0 Å². The molecule has 1 saturated carbocycles. The van der Waals surface area contributed by atoms with Crippen molar-refractivity contribution in [1.82, 2.24) is 4.90 Å². The number of aliphatic carboxylic acids is 1. The Morgan fingerprint density at radius 1 is 1.25 bits per heavy atom. The smallest absolute Gasteiger partial charge is 0.418 e. The van der Waals surface area contributed by atoms with E-state index in [2.05, 4.69) is 19.6 Å². The highest BCUT2D eigenvalue weighted by Crippen LogP contribution is 2.75. The molecule has 1 N–H and O–H groups in total. The monoisotopic (exact) mass is 538 g/mol. The van der Waals surface area contributed by atoms with Crippen LogP contribution in [0, 0.1) is 18.2 Å². The number of hydrogen-bond donors (Lipinski definition) is 1. The zero-order valence-electron chi connectivity index (χ0n) is 22.8. The summed E-state index contributed by atoms with van der Waals surface area (Å²) >= 11 is 1.03. The maximum atomic E-state index is 15.4. The number of carboxylic acids is 1. The van der Waals surface area contributed by atoms with Crippen molar-refractivity contribution in [1.29, 1.82) is 0 Å². The number of aryl methyl sites for hydroxylation is 1. The molecule has 1 aromatic rings. The molecule has 3 rings (SSSR count). The van der Waals surface area contributed by atoms with E-state index in [9.17, 15) is 14.7 Å². The third kappa shape index (κ3) is 5.22. The number of rotatable bonds is 7. The molecule has 0 saturated heterocycles. The van der Waals surface area contributed by atoms with Gasteiger partial charge in [0.25, 0.3) is 0 Å². The van der Waals surface area contributed by atoms with Crippen molar-refractivity contribution in [2.24, 2.45) is 10.4 Å². The summed E-state index contributed by atoms with van der Waals surface area (Å²) in [7, 11) is -1.37. The molecule has 10 heteroatoms. The van der Waals surface area contributed by atoms with Gasteiger partial charge >= 0.3 is 12.1 Å². The van der Waals surface area contributed by atoms with Gasteiger partial charge in [0.1, 0.15) is 22.9 Å². The molecular formula is C26H39FN2O5SSi. The average Bonchev–Trinajstić information content (AvgIpc) is 3.36. The van der Waals surface area contributed by atoms with E-state index >= 15 is 4.39 Å². The van der Waals surface area contributed by atoms with E-state index in [0.29, 0.717) is 17.7 Å². The highest BCUT2D eigenvalue weighted by molar-refractivity contribution is 8.16. The van der Waals surface area contributed by atoms with Crippen LogP contribution in [0.15, 0.2) is 23.2 Å². The summed E-state index contributed by atoms with van der Waals surface area (Å²) in [5, 5.41) is 10.5. The van der Waals surface area contributed by atoms with Crippen LogP contribution < -0.4 is 0 Å². The molecule has 0 bridgehead atoms. The fourth-order valence-corrected chi connectivity index (χ4v) is 6.96. The zero-order chi connectivity index (χ0) is 27.3. The maximum absolute atomic E-state index is 15.4. The number of fused-ring (bicyclic) bond motifs is 1. The Balaban J connectivity index is 2.09. The van der Waals surface area contributed by atoms with E-state index in [4.69, 9.17) is 14.5 Å². The molecule has 3 atom stereocenters. The SMILES string of the molecule is Cc1cccc([C@]2(C)N=C(N(COCC[Si](C)(C)C)C(=O)OC(C)(C)C)SC3(C(=O)O)CC32C)c1F. The van der Waals surface area contributed by atoms with Crippen LogP contribution >= 0.6 is 11.8 Å². The van der Waals surface area contributed by atoms with Crippen LogP contribution in [0.5, 0.6) is 0 Å². The molecule has 1 aliphatic heterocycles. The van der Waals surface area contributed by atoms with E-state index in [1.54, 1.807) is 52.8 Å². The van der Waals surface area contributed by atoms with E-state index in [-0.39, 0.29) is 18.3 Å². The first kappa shape index (κ1) is 28.7. The third-order valence-corrected chi connectivity index (χ3v) is 10.5. The number of amides is 1. The Morgan fingerprint density at radius 3 is 2.44 bits per heavy atom. The highest BCUT2D eigenvalue weighted by Gasteiger charge is 2.80. The Bertz CT molecular complexity index is 1090. The van der Waals surface area contributed by atoms with Crippen LogP contribution in [-0.2, 0) is 19.8 Å². The summed E-state index contributed by atoms with van der Waals surface area (Å²) in [5.41, 5.74) is -2.09. The molecule has 0 aromatic heterocycles. The minimum atomic E-state index is -1.37. The minimum Gasteiger partial charge on any atom is -0.480 e. The van der Waals surface area contributed by atoms with Crippen molar-refractivity contribution in [3.63, 3.8) is 0 Å². The lowest BCUT2D eigenvalue weighted by molar-refractivity contribution is -0.138. The van der Waals surface area contributed by atoms with Gasteiger partial charge in [-0.15, -0.1) is 0 Å². The van der Waals surface area contributed by atoms with Crippen molar-refractivity contribution in [2.45, 2.75) is 89.5 Å². The van der Waals surface area contributed by atoms with Crippen LogP contribution in [0.1, 0.15) is 52.2 Å². The summed E-state index contributed by atoms with van der Waals surface area (Å²) in [6.07, 6.45) is -0.395. The standard InChI is InChI=1S/C26H39FN2O5SSi/c1-17-11-10-12-18(19(17)27)25(6)24(5)15-26(24,20(30)31)35-21(28-25)29(22(32)34-23(2,3)4)16-33-13-14-36(7,8)9/h10-12H,13-16H2,1-9H3,(H,30,31)/t24?,25-,26?/m0/s1. The van der Waals surface area contributed by atoms with Gasteiger partial charge in [-0.1, -0.05) is 56.5 Å². The Labute approximate surface area is 218 Å². The second-order valence-corrected chi connectivity index (χ2v) is 19.3. The molecule has 2 unspecified atom stereocenters. The average molecular weight is 539 g/mol. The summed E-state index contributed by atoms with van der Waals surface area (Å²) in [6, 6.07) is 5.97. The molecule has 1 heterocycles. The molecule has 1 aromatic carbocycles. The molecule has 1 aliphatic carbocycles. The lowest BCUT2D eigenvalue weighted by Crippen LogP contribution is -2.49. The van der Waals surface area contributed by atoms with E-state index < -0.39 is 47.3 Å². The van der Waals surface area contributed by atoms with Gasteiger partial charge in [0.15, 0.2) is 5.17 Å². The van der Waals surface area contributed by atoms with Crippen molar-refractivity contribution < 1.29 is 28.6 Å². The largest absolute Gasteiger partial charge is 0.480 e. The summed E-state index contributed by atoms with van der Waals surface area (Å²) < 4.78 is 25.7. The number of amidine groups is 1. The van der Waals surface area contributed by atoms with Crippen molar-refractivity contribution in [3.05, 3.63) is 35.1 Å². The normalized spacial score (nSPS) is 27.7. The second kappa shape index (κ2) is 9.44. The van der Waals surface area contributed by atoms with Gasteiger partial charge < -0.3 is 14.6 Å². The molecular weight excluding hydrogens is 499 g/mol. The highest BCUT2D eigenvalue weighted by atomic mass is 32.2. The fourth-order valence-electron chi connectivity index (χ4n) is 4.55. The molecule has 200 valence electrons. The Kier molecular flexibility index (Phi) is 7.51.